The van der Waals surface area contributed by atoms with Gasteiger partial charge in [0, 0.05) is 145 Å². The van der Waals surface area contributed by atoms with Crippen molar-refractivity contribution in [1.29, 1.82) is 0 Å². The van der Waals surface area contributed by atoms with Gasteiger partial charge in [0.05, 0.1) is 22.2 Å². The number of hydrogen-bond donors (Lipinski definition) is 0. The number of para-hydroxylation sites is 4. The Morgan fingerprint density at radius 2 is 0.645 bits per heavy atom. The van der Waals surface area contributed by atoms with Crippen molar-refractivity contribution in [2.45, 2.75) is 157 Å². The summed E-state index contributed by atoms with van der Waals surface area (Å²) in [5.41, 5.74) is 15.9. The van der Waals surface area contributed by atoms with E-state index in [9.17, 15) is 0 Å². The molecular formula is C98H98N6O4S2. The van der Waals surface area contributed by atoms with Crippen LogP contribution in [0.2, 0.25) is 0 Å². The molecule has 4 aromatic heterocycles. The molecule has 2 aliphatic rings. The number of carbonyl (C=O) groups is 4. The Balaban J connectivity index is 0.842. The highest BCUT2D eigenvalue weighted by Gasteiger charge is 2.44. The summed E-state index contributed by atoms with van der Waals surface area (Å²) >= 11 is 3.20. The lowest BCUT2D eigenvalue weighted by molar-refractivity contribution is 0.0559. The minimum atomic E-state index is -0.390. The lowest BCUT2D eigenvalue weighted by Crippen LogP contribution is -2.46. The fourth-order valence-corrected chi connectivity index (χ4v) is 19.4. The number of unbranched alkanes of at least 4 members (excludes halogenated alkanes) is 8. The van der Waals surface area contributed by atoms with Crippen LogP contribution in [-0.2, 0) is 13.1 Å². The minimum absolute atomic E-state index is 0.0764. The van der Waals surface area contributed by atoms with Gasteiger partial charge in [-0.05, 0) is 170 Å². The van der Waals surface area contributed by atoms with Crippen LogP contribution in [0.1, 0.15) is 186 Å². The van der Waals surface area contributed by atoms with E-state index < -0.39 is 0 Å². The van der Waals surface area contributed by atoms with Crippen LogP contribution in [0.5, 0.6) is 0 Å². The second-order valence-electron chi connectivity index (χ2n) is 30.4. The molecule has 0 radical (unpaired) electrons. The Morgan fingerprint density at radius 3 is 0.991 bits per heavy atom. The van der Waals surface area contributed by atoms with E-state index in [1.807, 2.05) is 12.1 Å². The van der Waals surface area contributed by atoms with E-state index in [-0.39, 0.29) is 48.6 Å². The Hall–Kier alpha value is -10.7. The molecule has 0 N–H and O–H groups in total. The van der Waals surface area contributed by atoms with Gasteiger partial charge in [0.25, 0.3) is 23.6 Å². The summed E-state index contributed by atoms with van der Waals surface area (Å²) in [5.74, 6) is -1.40. The Bertz CT molecular complexity index is 5300. The molecule has 2 aliphatic heterocycles. The van der Waals surface area contributed by atoms with Gasteiger partial charge in [0.2, 0.25) is 0 Å². The standard InChI is InChI=1S/C98H98N6O4S2/c1-7-13-17-31-55-99-83-57-67(43-47-75(83)77-49-45-73(59-85(77)99)103(69-35-23-19-24-36-69)70-37-25-20-26-38-70)87-51-53-89(109-87)79-61-81-92-91-82(96(106)101(97(107)93(79)91)63-65(11-5)33-15-9-3)62-80(94(92)98(108)102(95(81)105)64-66(12-6)34-16-10-4)90-54-52-88(110-90)68-44-48-76-78-50-46-74(60-86(78)100(84(76)58-68)56-32-18-14-8-2)104(71-39-27-21-28-40-71)72-41-29-22-30-42-72/h19-30,35-54,57-62,65-66H,7-18,31-34,55-56,63-64H2,1-6H3. The average molecular weight is 1490 g/mol. The minimum Gasteiger partial charge on any atom is -0.340 e. The van der Waals surface area contributed by atoms with Gasteiger partial charge in [-0.25, -0.2) is 0 Å². The maximum atomic E-state index is 16.1. The van der Waals surface area contributed by atoms with Crippen LogP contribution in [0.3, 0.4) is 0 Å². The second kappa shape index (κ2) is 32.5. The molecule has 16 rings (SSSR count). The molecule has 0 saturated heterocycles. The van der Waals surface area contributed by atoms with Gasteiger partial charge in [0.15, 0.2) is 0 Å². The van der Waals surface area contributed by atoms with Crippen molar-refractivity contribution in [2.24, 2.45) is 11.8 Å². The summed E-state index contributed by atoms with van der Waals surface area (Å²) in [6, 6.07) is 82.1. The Morgan fingerprint density at radius 1 is 0.309 bits per heavy atom. The predicted octanol–water partition coefficient (Wildman–Crippen LogP) is 27.6. The highest BCUT2D eigenvalue weighted by molar-refractivity contribution is 7.19. The lowest BCUT2D eigenvalue weighted by atomic mass is 9.80. The van der Waals surface area contributed by atoms with E-state index in [0.717, 1.165) is 179 Å². The van der Waals surface area contributed by atoms with Crippen molar-refractivity contribution in [1.82, 2.24) is 18.9 Å². The molecule has 10 aromatic carbocycles. The van der Waals surface area contributed by atoms with Gasteiger partial charge in [0.1, 0.15) is 0 Å². The number of hydrogen-bond acceptors (Lipinski definition) is 8. The molecule has 0 aliphatic carbocycles. The van der Waals surface area contributed by atoms with Crippen molar-refractivity contribution in [3.63, 3.8) is 0 Å². The van der Waals surface area contributed by atoms with Crippen LogP contribution < -0.4 is 9.80 Å². The van der Waals surface area contributed by atoms with Gasteiger partial charge in [-0.3, -0.25) is 29.0 Å². The van der Waals surface area contributed by atoms with Crippen molar-refractivity contribution in [2.75, 3.05) is 22.9 Å². The highest BCUT2D eigenvalue weighted by atomic mass is 32.1. The number of rotatable bonds is 32. The molecule has 10 nitrogen and oxygen atoms in total. The fourth-order valence-electron chi connectivity index (χ4n) is 17.3. The average Bonchev–Trinajstić information content (AvgIpc) is 0.843. The molecular weight excluding hydrogens is 1390 g/mol. The number of aromatic nitrogens is 2. The van der Waals surface area contributed by atoms with E-state index in [0.29, 0.717) is 44.2 Å². The summed E-state index contributed by atoms with van der Waals surface area (Å²) < 4.78 is 5.04. The number of amides is 4. The number of thiophene rings is 2. The molecule has 556 valence electrons. The molecule has 2 atom stereocenters. The zero-order valence-corrected chi connectivity index (χ0v) is 66.0. The van der Waals surface area contributed by atoms with Gasteiger partial charge in [-0.1, -0.05) is 228 Å². The van der Waals surface area contributed by atoms with Crippen molar-refractivity contribution in [3.05, 3.63) is 253 Å². The zero-order chi connectivity index (χ0) is 75.5. The summed E-state index contributed by atoms with van der Waals surface area (Å²) in [4.78, 5) is 75.5. The zero-order valence-electron chi connectivity index (χ0n) is 64.4. The number of imide groups is 2. The third-order valence-corrected chi connectivity index (χ3v) is 25.6. The fraction of sp³-hybridized carbons (Fsp3) is 0.286. The number of carbonyl (C=O) groups excluding carboxylic acids is 4. The highest BCUT2D eigenvalue weighted by Crippen LogP contribution is 2.51. The van der Waals surface area contributed by atoms with Gasteiger partial charge < -0.3 is 18.9 Å². The molecule has 2 unspecified atom stereocenters. The first-order chi connectivity index (χ1) is 54.0. The third kappa shape index (κ3) is 13.9. The third-order valence-electron chi connectivity index (χ3n) is 23.3. The van der Waals surface area contributed by atoms with Crippen molar-refractivity contribution < 1.29 is 19.2 Å². The lowest BCUT2D eigenvalue weighted by Gasteiger charge is -2.36. The van der Waals surface area contributed by atoms with Gasteiger partial charge in [-0.2, -0.15) is 0 Å². The normalized spacial score (nSPS) is 13.5. The molecule has 0 spiro atoms. The summed E-state index contributed by atoms with van der Waals surface area (Å²) in [6.07, 6.45) is 16.3. The van der Waals surface area contributed by atoms with Crippen LogP contribution in [0.4, 0.5) is 34.1 Å². The quantitative estimate of drug-likeness (QED) is 0.0308. The molecule has 0 fully saturated rings. The summed E-state index contributed by atoms with van der Waals surface area (Å²) in [7, 11) is 0. The van der Waals surface area contributed by atoms with Crippen LogP contribution in [0, 0.1) is 11.8 Å². The Labute approximate surface area is 655 Å². The summed E-state index contributed by atoms with van der Waals surface area (Å²) in [5, 5.41) is 5.56. The monoisotopic (exact) mass is 1490 g/mol. The van der Waals surface area contributed by atoms with Gasteiger partial charge >= 0.3 is 0 Å². The Kier molecular flexibility index (Phi) is 21.7. The number of fused-ring (bicyclic) bond motifs is 6. The predicted molar refractivity (Wildman–Crippen MR) is 462 cm³/mol. The van der Waals surface area contributed by atoms with E-state index in [2.05, 4.69) is 279 Å². The maximum absolute atomic E-state index is 16.1. The van der Waals surface area contributed by atoms with Crippen LogP contribution >= 0.6 is 22.7 Å². The first-order valence-corrected chi connectivity index (χ1v) is 42.2. The van der Waals surface area contributed by atoms with Crippen LogP contribution in [0.15, 0.2) is 231 Å². The van der Waals surface area contributed by atoms with Crippen molar-refractivity contribution in [3.8, 4) is 41.8 Å². The molecule has 110 heavy (non-hydrogen) atoms. The first kappa shape index (κ1) is 73.5. The van der Waals surface area contributed by atoms with Crippen LogP contribution in [0.25, 0.3) is 96.1 Å². The molecule has 6 heterocycles. The van der Waals surface area contributed by atoms with E-state index in [1.54, 1.807) is 22.7 Å². The topological polar surface area (TPSA) is 91.1 Å². The van der Waals surface area contributed by atoms with E-state index in [1.165, 1.54) is 55.2 Å². The van der Waals surface area contributed by atoms with Crippen molar-refractivity contribution >= 4 is 135 Å². The SMILES string of the molecule is CCCCCCn1c2cc(-c3ccc(-c4cc5c6c(c(-c7ccc(-c8ccc9c%10ccc(N(c%11ccccc%11)c%11ccccc%11)cc%10n(CCCCCC)c9c8)s7)cc7c6c4C(=O)N(CC(CC)CCCC)C7=O)C(=O)N(CC(CC)CCCC)C5=O)s3)ccc2c2ccc(N(c3ccccc3)c3ccccc3)cc21. The first-order valence-electron chi connectivity index (χ1n) is 40.5. The second-order valence-corrected chi connectivity index (χ2v) is 32.5. The molecule has 12 heteroatoms. The molecule has 4 amide bonds. The molecule has 0 saturated carbocycles. The maximum Gasteiger partial charge on any atom is 0.262 e. The number of anilines is 6. The molecule has 14 aromatic rings. The number of aryl methyl sites for hydroxylation is 2. The van der Waals surface area contributed by atoms with Crippen LogP contribution in [-0.4, -0.2) is 55.7 Å². The largest absolute Gasteiger partial charge is 0.340 e. The van der Waals surface area contributed by atoms with E-state index >= 15 is 19.2 Å². The summed E-state index contributed by atoms with van der Waals surface area (Å²) in [6.45, 7) is 15.4. The number of nitrogens with zero attached hydrogens (tertiary/aromatic N) is 6. The molecule has 0 bridgehead atoms. The van der Waals surface area contributed by atoms with Gasteiger partial charge in [-0.15, -0.1) is 22.7 Å². The smallest absolute Gasteiger partial charge is 0.262 e. The van der Waals surface area contributed by atoms with E-state index in [4.69, 9.17) is 0 Å². The number of benzene rings is 10.